The fraction of sp³-hybridized carbons (Fsp3) is 0.333. The first-order valence-corrected chi connectivity index (χ1v) is 11.1. The van der Waals surface area contributed by atoms with Crippen LogP contribution in [0.25, 0.3) is 11.3 Å². The summed E-state index contributed by atoms with van der Waals surface area (Å²) >= 11 is 12.1. The van der Waals surface area contributed by atoms with E-state index in [-0.39, 0.29) is 11.9 Å². The van der Waals surface area contributed by atoms with Gasteiger partial charge in [0.25, 0.3) is 0 Å². The van der Waals surface area contributed by atoms with Crippen LogP contribution in [-0.4, -0.2) is 27.4 Å². The lowest BCUT2D eigenvalue weighted by Crippen LogP contribution is -2.31. The summed E-state index contributed by atoms with van der Waals surface area (Å²) in [4.78, 5) is 19.7. The molecule has 0 unspecified atom stereocenters. The molecule has 1 atom stereocenters. The first kappa shape index (κ1) is 19.7. The molecule has 0 spiro atoms. The molecule has 0 saturated carbocycles. The zero-order chi connectivity index (χ0) is 20.8. The van der Waals surface area contributed by atoms with Crippen LogP contribution in [0.15, 0.2) is 42.6 Å². The molecule has 2 aromatic carbocycles. The van der Waals surface area contributed by atoms with Crippen molar-refractivity contribution in [3.8, 4) is 11.3 Å². The molecule has 5 rings (SSSR count). The van der Waals surface area contributed by atoms with E-state index in [9.17, 15) is 4.79 Å². The molecule has 2 heterocycles. The van der Waals surface area contributed by atoms with Crippen molar-refractivity contribution >= 4 is 29.1 Å². The molecule has 0 bridgehead atoms. The van der Waals surface area contributed by atoms with Gasteiger partial charge in [0, 0.05) is 31.8 Å². The van der Waals surface area contributed by atoms with Crippen LogP contribution in [0, 0.1) is 0 Å². The van der Waals surface area contributed by atoms with E-state index < -0.39 is 0 Å². The standard InChI is InChI=1S/C24H23Cl2N3O/c1-28(24(30)12-15-4-8-19(25)20(26)11-15)22-9-7-16-5-6-17(13-18(16)22)21-14-29-10-2-3-23(29)27-21/h4-6,8,11,13-14,22H,2-3,7,9-10,12H2,1H3/t22-/m1/s1. The van der Waals surface area contributed by atoms with Crippen LogP contribution in [0.4, 0.5) is 0 Å². The van der Waals surface area contributed by atoms with E-state index in [1.807, 2.05) is 18.0 Å². The number of aromatic nitrogens is 2. The van der Waals surface area contributed by atoms with Gasteiger partial charge in [-0.25, -0.2) is 4.98 Å². The maximum absolute atomic E-state index is 13.0. The van der Waals surface area contributed by atoms with Gasteiger partial charge in [0.05, 0.1) is 28.2 Å². The monoisotopic (exact) mass is 439 g/mol. The summed E-state index contributed by atoms with van der Waals surface area (Å²) in [7, 11) is 1.90. The van der Waals surface area contributed by atoms with Crippen molar-refractivity contribution in [3.05, 3.63) is 75.2 Å². The Hall–Kier alpha value is -2.30. The summed E-state index contributed by atoms with van der Waals surface area (Å²) in [5.41, 5.74) is 5.60. The number of carbonyl (C=O) groups is 1. The van der Waals surface area contributed by atoms with Crippen LogP contribution >= 0.6 is 23.2 Å². The molecule has 6 heteroatoms. The Balaban J connectivity index is 1.37. The Morgan fingerprint density at radius 2 is 2.03 bits per heavy atom. The largest absolute Gasteiger partial charge is 0.338 e. The number of fused-ring (bicyclic) bond motifs is 2. The normalized spacial score (nSPS) is 17.1. The fourth-order valence-electron chi connectivity index (χ4n) is 4.66. The van der Waals surface area contributed by atoms with Crippen molar-refractivity contribution in [3.63, 3.8) is 0 Å². The SMILES string of the molecule is CN(C(=O)Cc1ccc(Cl)c(Cl)c1)[C@@H]1CCc2ccc(-c3cn4c(n3)CCC4)cc21. The van der Waals surface area contributed by atoms with E-state index in [4.69, 9.17) is 28.2 Å². The van der Waals surface area contributed by atoms with E-state index in [1.54, 1.807) is 12.1 Å². The van der Waals surface area contributed by atoms with Crippen molar-refractivity contribution in [2.45, 2.75) is 44.7 Å². The number of likely N-dealkylation sites (N-methyl/N-ethyl adjacent to an activating group) is 1. The van der Waals surface area contributed by atoms with Gasteiger partial charge in [0.15, 0.2) is 0 Å². The second kappa shape index (κ2) is 7.75. The molecule has 2 aliphatic rings. The molecular weight excluding hydrogens is 417 g/mol. The van der Waals surface area contributed by atoms with Gasteiger partial charge >= 0.3 is 0 Å². The van der Waals surface area contributed by atoms with Crippen molar-refractivity contribution in [1.29, 1.82) is 0 Å². The van der Waals surface area contributed by atoms with Gasteiger partial charge in [-0.15, -0.1) is 0 Å². The predicted octanol–water partition coefficient (Wildman–Crippen LogP) is 5.49. The van der Waals surface area contributed by atoms with Crippen molar-refractivity contribution in [2.24, 2.45) is 0 Å². The Bertz CT molecular complexity index is 1120. The summed E-state index contributed by atoms with van der Waals surface area (Å²) in [6, 6.07) is 12.1. The summed E-state index contributed by atoms with van der Waals surface area (Å²) in [5.74, 6) is 1.26. The molecule has 1 amide bonds. The minimum atomic E-state index is 0.0811. The van der Waals surface area contributed by atoms with E-state index in [2.05, 4.69) is 29.0 Å². The zero-order valence-electron chi connectivity index (χ0n) is 16.9. The van der Waals surface area contributed by atoms with E-state index >= 15 is 0 Å². The number of aryl methyl sites for hydroxylation is 3. The number of amides is 1. The summed E-state index contributed by atoms with van der Waals surface area (Å²) in [6.45, 7) is 1.06. The number of hydrogen-bond acceptors (Lipinski definition) is 2. The molecule has 154 valence electrons. The molecule has 0 N–H and O–H groups in total. The molecular formula is C24H23Cl2N3O. The topological polar surface area (TPSA) is 38.1 Å². The number of halogens is 2. The Morgan fingerprint density at radius 3 is 2.83 bits per heavy atom. The van der Waals surface area contributed by atoms with Crippen LogP contribution in [-0.2, 0) is 30.6 Å². The molecule has 0 radical (unpaired) electrons. The van der Waals surface area contributed by atoms with Crippen LogP contribution in [0.3, 0.4) is 0 Å². The second-order valence-electron chi connectivity index (χ2n) is 8.24. The van der Waals surface area contributed by atoms with Gasteiger partial charge in [-0.2, -0.15) is 0 Å². The summed E-state index contributed by atoms with van der Waals surface area (Å²) in [5, 5.41) is 0.983. The Kier molecular flexibility index (Phi) is 5.08. The average molecular weight is 440 g/mol. The highest BCUT2D eigenvalue weighted by Gasteiger charge is 2.29. The smallest absolute Gasteiger partial charge is 0.227 e. The van der Waals surface area contributed by atoms with Gasteiger partial charge in [-0.1, -0.05) is 41.4 Å². The zero-order valence-corrected chi connectivity index (χ0v) is 18.4. The van der Waals surface area contributed by atoms with Gasteiger partial charge in [0.1, 0.15) is 5.82 Å². The van der Waals surface area contributed by atoms with Crippen molar-refractivity contribution in [1.82, 2.24) is 14.5 Å². The third kappa shape index (κ3) is 3.52. The van der Waals surface area contributed by atoms with Crippen molar-refractivity contribution in [2.75, 3.05) is 7.05 Å². The molecule has 3 aromatic rings. The third-order valence-corrected chi connectivity index (χ3v) is 7.09. The summed E-state index contributed by atoms with van der Waals surface area (Å²) in [6.07, 6.45) is 6.65. The number of hydrogen-bond donors (Lipinski definition) is 0. The van der Waals surface area contributed by atoms with E-state index in [0.29, 0.717) is 16.5 Å². The molecule has 0 fully saturated rings. The van der Waals surface area contributed by atoms with Crippen molar-refractivity contribution < 1.29 is 4.79 Å². The van der Waals surface area contributed by atoms with Crippen LogP contribution < -0.4 is 0 Å². The third-order valence-electron chi connectivity index (χ3n) is 6.35. The van der Waals surface area contributed by atoms with Gasteiger partial charge in [-0.3, -0.25) is 4.79 Å². The number of imidazole rings is 1. The highest BCUT2D eigenvalue weighted by molar-refractivity contribution is 6.42. The lowest BCUT2D eigenvalue weighted by atomic mass is 10.0. The van der Waals surface area contributed by atoms with Crippen LogP contribution in [0.5, 0.6) is 0 Å². The molecule has 1 aliphatic carbocycles. The minimum absolute atomic E-state index is 0.0811. The predicted molar refractivity (Wildman–Crippen MR) is 120 cm³/mol. The summed E-state index contributed by atoms with van der Waals surface area (Å²) < 4.78 is 2.26. The fourth-order valence-corrected chi connectivity index (χ4v) is 4.98. The molecule has 1 aromatic heterocycles. The number of benzene rings is 2. The Labute approximate surface area is 186 Å². The molecule has 30 heavy (non-hydrogen) atoms. The van der Waals surface area contributed by atoms with Crippen LogP contribution in [0.1, 0.15) is 41.4 Å². The first-order valence-electron chi connectivity index (χ1n) is 10.4. The first-order chi connectivity index (χ1) is 14.5. The molecule has 1 aliphatic heterocycles. The van der Waals surface area contributed by atoms with Gasteiger partial charge in [-0.05, 0) is 54.2 Å². The molecule has 0 saturated heterocycles. The lowest BCUT2D eigenvalue weighted by Gasteiger charge is -2.26. The minimum Gasteiger partial charge on any atom is -0.338 e. The quantitative estimate of drug-likeness (QED) is 0.538. The Morgan fingerprint density at radius 1 is 1.17 bits per heavy atom. The van der Waals surface area contributed by atoms with Gasteiger partial charge < -0.3 is 9.47 Å². The van der Waals surface area contributed by atoms with Gasteiger partial charge in [0.2, 0.25) is 5.91 Å². The number of nitrogens with zero attached hydrogens (tertiary/aromatic N) is 3. The maximum atomic E-state index is 13.0. The van der Waals surface area contributed by atoms with E-state index in [0.717, 1.165) is 42.6 Å². The number of rotatable bonds is 4. The average Bonchev–Trinajstić information content (AvgIpc) is 3.44. The highest BCUT2D eigenvalue weighted by Crippen LogP contribution is 2.38. The second-order valence-corrected chi connectivity index (χ2v) is 9.05. The lowest BCUT2D eigenvalue weighted by molar-refractivity contribution is -0.131. The van der Waals surface area contributed by atoms with Crippen LogP contribution in [0.2, 0.25) is 10.0 Å². The number of carbonyl (C=O) groups excluding carboxylic acids is 1. The molecule has 4 nitrogen and oxygen atoms in total. The van der Waals surface area contributed by atoms with E-state index in [1.165, 1.54) is 23.4 Å². The highest BCUT2D eigenvalue weighted by atomic mass is 35.5. The maximum Gasteiger partial charge on any atom is 0.227 e.